The molecule has 6 nitrogen and oxygen atoms in total. The third-order valence-electron chi connectivity index (χ3n) is 5.24. The van der Waals surface area contributed by atoms with E-state index in [0.29, 0.717) is 29.1 Å². The normalized spacial score (nSPS) is 12.4. The van der Waals surface area contributed by atoms with Gasteiger partial charge in [0.25, 0.3) is 0 Å². The maximum atomic E-state index is 13.1. The molecule has 0 fully saturated rings. The summed E-state index contributed by atoms with van der Waals surface area (Å²) in [6.45, 7) is 4.29. The highest BCUT2D eigenvalue weighted by Gasteiger charge is 2.17. The van der Waals surface area contributed by atoms with E-state index in [4.69, 9.17) is 9.15 Å². The first kappa shape index (κ1) is 21.8. The number of carboxylic acids is 1. The maximum absolute atomic E-state index is 13.1. The van der Waals surface area contributed by atoms with E-state index in [-0.39, 0.29) is 21.8 Å². The first-order valence-corrected chi connectivity index (χ1v) is 10.5. The number of rotatable bonds is 10. The minimum Gasteiger partial charge on any atom is -0.490 e. The van der Waals surface area contributed by atoms with Crippen molar-refractivity contribution in [2.45, 2.75) is 58.5 Å². The Morgan fingerprint density at radius 1 is 1.07 bits per heavy atom. The number of benzene rings is 2. The quantitative estimate of drug-likeness (QED) is 0.340. The molecule has 1 aromatic heterocycles. The summed E-state index contributed by atoms with van der Waals surface area (Å²) in [4.78, 5) is 24.3. The fourth-order valence-corrected chi connectivity index (χ4v) is 3.49. The summed E-state index contributed by atoms with van der Waals surface area (Å²) in [7, 11) is 0. The second kappa shape index (κ2) is 9.76. The second-order valence-corrected chi connectivity index (χ2v) is 7.64. The van der Waals surface area contributed by atoms with Crippen LogP contribution in [-0.2, 0) is 0 Å². The van der Waals surface area contributed by atoms with E-state index < -0.39 is 12.1 Å². The van der Waals surface area contributed by atoms with Gasteiger partial charge in [-0.25, -0.2) is 4.79 Å². The molecule has 160 valence electrons. The Morgan fingerprint density at radius 3 is 2.50 bits per heavy atom. The van der Waals surface area contributed by atoms with Gasteiger partial charge < -0.3 is 19.4 Å². The number of aliphatic hydroxyl groups excluding tert-OH is 1. The molecule has 2 N–H and O–H groups in total. The van der Waals surface area contributed by atoms with Gasteiger partial charge in [-0.15, -0.1) is 0 Å². The predicted octanol–water partition coefficient (Wildman–Crippen LogP) is 5.44. The van der Waals surface area contributed by atoms with Crippen molar-refractivity contribution in [2.75, 3.05) is 6.61 Å². The molecule has 0 aliphatic heterocycles. The van der Waals surface area contributed by atoms with Crippen LogP contribution in [0.5, 0.6) is 5.75 Å². The van der Waals surface area contributed by atoms with Gasteiger partial charge in [-0.3, -0.25) is 4.79 Å². The first-order valence-electron chi connectivity index (χ1n) is 10.5. The van der Waals surface area contributed by atoms with Crippen LogP contribution in [0.3, 0.4) is 0 Å². The number of hydrogen-bond donors (Lipinski definition) is 2. The fraction of sp³-hybridized carbons (Fsp3) is 0.417. The molecule has 1 heterocycles. The lowest BCUT2D eigenvalue weighted by atomic mass is 10.0. The summed E-state index contributed by atoms with van der Waals surface area (Å²) < 4.78 is 11.9. The summed E-state index contributed by atoms with van der Waals surface area (Å²) in [6, 6.07) is 7.48. The van der Waals surface area contributed by atoms with E-state index in [1.165, 1.54) is 37.5 Å². The van der Waals surface area contributed by atoms with Crippen molar-refractivity contribution in [3.8, 4) is 5.75 Å². The predicted molar refractivity (Wildman–Crippen MR) is 116 cm³/mol. The van der Waals surface area contributed by atoms with Crippen molar-refractivity contribution in [3.63, 3.8) is 0 Å². The van der Waals surface area contributed by atoms with E-state index >= 15 is 0 Å². The SMILES string of the molecule is CCCCCCCCOc1cc(C(C)O)cc2c(=O)c3cc(C(=O)O)ccc3oc12. The minimum absolute atomic E-state index is 0.0142. The van der Waals surface area contributed by atoms with Crippen molar-refractivity contribution in [3.05, 3.63) is 51.7 Å². The Hall–Kier alpha value is -2.86. The molecule has 0 radical (unpaired) electrons. The number of carboxylic acid groups (broad SMARTS) is 1. The molecule has 0 saturated heterocycles. The average Bonchev–Trinajstić information content (AvgIpc) is 2.73. The van der Waals surface area contributed by atoms with E-state index in [0.717, 1.165) is 19.3 Å². The number of aromatic carboxylic acids is 1. The molecule has 0 saturated carbocycles. The van der Waals surface area contributed by atoms with Gasteiger partial charge in [0.1, 0.15) is 5.58 Å². The molecule has 1 atom stereocenters. The molecule has 3 aromatic rings. The standard InChI is InChI=1S/C24H28O6/c1-3-4-5-6-7-8-11-29-21-14-17(15(2)25)13-19-22(26)18-12-16(24(27)28)9-10-20(18)30-23(19)21/h9-10,12-15,25H,3-8,11H2,1-2H3,(H,27,28). The van der Waals surface area contributed by atoms with Crippen LogP contribution in [0.1, 0.15) is 74.4 Å². The monoisotopic (exact) mass is 412 g/mol. The first-order chi connectivity index (χ1) is 14.4. The number of carbonyl (C=O) groups is 1. The van der Waals surface area contributed by atoms with Crippen LogP contribution in [-0.4, -0.2) is 22.8 Å². The Balaban J connectivity index is 1.97. The van der Waals surface area contributed by atoms with Crippen LogP contribution in [0, 0.1) is 0 Å². The Kier molecular flexibility index (Phi) is 7.11. The Morgan fingerprint density at radius 2 is 1.80 bits per heavy atom. The third-order valence-corrected chi connectivity index (χ3v) is 5.24. The Bertz CT molecular complexity index is 1100. The zero-order valence-electron chi connectivity index (χ0n) is 17.4. The van der Waals surface area contributed by atoms with Gasteiger partial charge in [0.2, 0.25) is 5.43 Å². The summed E-state index contributed by atoms with van der Waals surface area (Å²) >= 11 is 0. The number of aliphatic hydroxyl groups is 1. The van der Waals surface area contributed by atoms with E-state index in [1.54, 1.807) is 19.1 Å². The highest BCUT2D eigenvalue weighted by atomic mass is 16.5. The molecular formula is C24H28O6. The van der Waals surface area contributed by atoms with Gasteiger partial charge in [-0.05, 0) is 49.2 Å². The summed E-state index contributed by atoms with van der Waals surface area (Å²) in [5.41, 5.74) is 0.820. The van der Waals surface area contributed by atoms with Crippen LogP contribution in [0.25, 0.3) is 21.9 Å². The zero-order chi connectivity index (χ0) is 21.7. The van der Waals surface area contributed by atoms with Crippen molar-refractivity contribution in [1.29, 1.82) is 0 Å². The van der Waals surface area contributed by atoms with Gasteiger partial charge in [0.15, 0.2) is 11.3 Å². The van der Waals surface area contributed by atoms with Gasteiger partial charge in [0, 0.05) is 0 Å². The van der Waals surface area contributed by atoms with Crippen LogP contribution in [0.15, 0.2) is 39.5 Å². The third kappa shape index (κ3) is 4.82. The number of ether oxygens (including phenoxy) is 1. The zero-order valence-corrected chi connectivity index (χ0v) is 17.4. The van der Waals surface area contributed by atoms with E-state index in [9.17, 15) is 19.8 Å². The molecule has 0 aliphatic rings. The molecule has 0 bridgehead atoms. The highest BCUT2D eigenvalue weighted by Crippen LogP contribution is 2.31. The molecule has 0 spiro atoms. The molecule has 3 rings (SSSR count). The van der Waals surface area contributed by atoms with Crippen molar-refractivity contribution < 1.29 is 24.2 Å². The summed E-state index contributed by atoms with van der Waals surface area (Å²) in [5, 5.41) is 19.7. The molecule has 6 heteroatoms. The van der Waals surface area contributed by atoms with Crippen LogP contribution >= 0.6 is 0 Å². The number of unbranched alkanes of at least 4 members (excludes halogenated alkanes) is 5. The maximum Gasteiger partial charge on any atom is 0.335 e. The summed E-state index contributed by atoms with van der Waals surface area (Å²) in [6.07, 6.45) is 6.00. The average molecular weight is 412 g/mol. The van der Waals surface area contributed by atoms with E-state index in [2.05, 4.69) is 6.92 Å². The lowest BCUT2D eigenvalue weighted by Crippen LogP contribution is -2.07. The summed E-state index contributed by atoms with van der Waals surface area (Å²) in [5.74, 6) is -0.699. The number of fused-ring (bicyclic) bond motifs is 2. The van der Waals surface area contributed by atoms with E-state index in [1.807, 2.05) is 0 Å². The highest BCUT2D eigenvalue weighted by molar-refractivity contribution is 5.97. The van der Waals surface area contributed by atoms with Gasteiger partial charge in [0.05, 0.1) is 29.0 Å². The second-order valence-electron chi connectivity index (χ2n) is 7.64. The Labute approximate surface area is 175 Å². The van der Waals surface area contributed by atoms with Crippen LogP contribution < -0.4 is 10.2 Å². The molecule has 2 aromatic carbocycles. The lowest BCUT2D eigenvalue weighted by Gasteiger charge is -2.13. The van der Waals surface area contributed by atoms with Gasteiger partial charge in [-0.1, -0.05) is 39.0 Å². The van der Waals surface area contributed by atoms with Crippen LogP contribution in [0.4, 0.5) is 0 Å². The van der Waals surface area contributed by atoms with Gasteiger partial charge >= 0.3 is 5.97 Å². The molecule has 30 heavy (non-hydrogen) atoms. The topological polar surface area (TPSA) is 97.0 Å². The largest absolute Gasteiger partial charge is 0.490 e. The minimum atomic E-state index is -1.11. The lowest BCUT2D eigenvalue weighted by molar-refractivity contribution is 0.0697. The fourth-order valence-electron chi connectivity index (χ4n) is 3.49. The molecular weight excluding hydrogens is 384 g/mol. The molecule has 0 aliphatic carbocycles. The van der Waals surface area contributed by atoms with Crippen molar-refractivity contribution in [1.82, 2.24) is 0 Å². The van der Waals surface area contributed by atoms with Crippen molar-refractivity contribution >= 4 is 27.9 Å². The smallest absolute Gasteiger partial charge is 0.335 e. The molecule has 1 unspecified atom stereocenters. The van der Waals surface area contributed by atoms with Crippen LogP contribution in [0.2, 0.25) is 0 Å². The number of hydrogen-bond acceptors (Lipinski definition) is 5. The van der Waals surface area contributed by atoms with Gasteiger partial charge in [-0.2, -0.15) is 0 Å². The van der Waals surface area contributed by atoms with Crippen molar-refractivity contribution in [2.24, 2.45) is 0 Å². The molecule has 0 amide bonds.